The number of likely N-dealkylation sites (tertiary alicyclic amines) is 1. The SMILES string of the molecule is CC1CN(CC(C)(C)C=O)CCC1O. The van der Waals surface area contributed by atoms with Gasteiger partial charge in [0.25, 0.3) is 0 Å². The van der Waals surface area contributed by atoms with Gasteiger partial charge in [-0.1, -0.05) is 20.8 Å². The molecule has 3 heteroatoms. The van der Waals surface area contributed by atoms with E-state index in [1.165, 1.54) is 0 Å². The summed E-state index contributed by atoms with van der Waals surface area (Å²) in [5, 5.41) is 9.55. The number of aliphatic hydroxyl groups is 1. The first kappa shape index (κ1) is 11.7. The minimum atomic E-state index is -0.262. The Kier molecular flexibility index (Phi) is 3.67. The molecule has 0 aromatic carbocycles. The molecule has 1 aliphatic rings. The first-order valence-corrected chi connectivity index (χ1v) is 5.31. The van der Waals surface area contributed by atoms with Gasteiger partial charge in [0.2, 0.25) is 0 Å². The fourth-order valence-corrected chi connectivity index (χ4v) is 1.98. The number of aldehydes is 1. The van der Waals surface area contributed by atoms with E-state index in [9.17, 15) is 9.90 Å². The molecule has 1 saturated heterocycles. The molecule has 1 aliphatic heterocycles. The molecular formula is C11H21NO2. The second-order valence-electron chi connectivity index (χ2n) is 5.17. The molecule has 0 aliphatic carbocycles. The van der Waals surface area contributed by atoms with Gasteiger partial charge in [-0.15, -0.1) is 0 Å². The molecule has 0 saturated carbocycles. The zero-order valence-electron chi connectivity index (χ0n) is 9.36. The molecular weight excluding hydrogens is 178 g/mol. The first-order chi connectivity index (χ1) is 6.44. The highest BCUT2D eigenvalue weighted by molar-refractivity contribution is 5.58. The maximum atomic E-state index is 10.8. The van der Waals surface area contributed by atoms with Gasteiger partial charge >= 0.3 is 0 Å². The number of carbonyl (C=O) groups is 1. The molecule has 0 spiro atoms. The molecule has 14 heavy (non-hydrogen) atoms. The van der Waals surface area contributed by atoms with Crippen LogP contribution in [-0.2, 0) is 4.79 Å². The normalized spacial score (nSPS) is 30.3. The Morgan fingerprint density at radius 2 is 2.21 bits per heavy atom. The van der Waals surface area contributed by atoms with Gasteiger partial charge in [-0.2, -0.15) is 0 Å². The molecule has 0 aromatic heterocycles. The lowest BCUT2D eigenvalue weighted by atomic mass is 9.91. The van der Waals surface area contributed by atoms with Crippen molar-refractivity contribution in [1.29, 1.82) is 0 Å². The van der Waals surface area contributed by atoms with E-state index in [0.29, 0.717) is 5.92 Å². The first-order valence-electron chi connectivity index (χ1n) is 5.31. The lowest BCUT2D eigenvalue weighted by Gasteiger charge is -2.37. The highest BCUT2D eigenvalue weighted by atomic mass is 16.3. The number of piperidine rings is 1. The molecule has 82 valence electrons. The highest BCUT2D eigenvalue weighted by Crippen LogP contribution is 2.20. The van der Waals surface area contributed by atoms with E-state index in [2.05, 4.69) is 11.8 Å². The zero-order chi connectivity index (χ0) is 10.8. The molecule has 0 aromatic rings. The summed E-state index contributed by atoms with van der Waals surface area (Å²) in [6.07, 6.45) is 1.68. The van der Waals surface area contributed by atoms with Gasteiger partial charge in [-0.3, -0.25) is 0 Å². The number of hydrogen-bond donors (Lipinski definition) is 1. The van der Waals surface area contributed by atoms with Crippen LogP contribution in [0.25, 0.3) is 0 Å². The van der Waals surface area contributed by atoms with Crippen LogP contribution >= 0.6 is 0 Å². The van der Waals surface area contributed by atoms with Crippen LogP contribution in [0.1, 0.15) is 27.2 Å². The number of hydrogen-bond acceptors (Lipinski definition) is 3. The quantitative estimate of drug-likeness (QED) is 0.687. The lowest BCUT2D eigenvalue weighted by Crippen LogP contribution is -2.45. The third-order valence-electron chi connectivity index (χ3n) is 2.89. The van der Waals surface area contributed by atoms with Gasteiger partial charge in [0.05, 0.1) is 6.10 Å². The van der Waals surface area contributed by atoms with Gasteiger partial charge in [-0.25, -0.2) is 0 Å². The molecule has 0 radical (unpaired) electrons. The van der Waals surface area contributed by atoms with Crippen molar-refractivity contribution in [3.8, 4) is 0 Å². The number of aliphatic hydroxyl groups excluding tert-OH is 1. The Labute approximate surface area is 86.1 Å². The van der Waals surface area contributed by atoms with Gasteiger partial charge in [0.15, 0.2) is 0 Å². The largest absolute Gasteiger partial charge is 0.393 e. The van der Waals surface area contributed by atoms with E-state index in [0.717, 1.165) is 32.3 Å². The predicted octanol–water partition coefficient (Wildman–Crippen LogP) is 0.914. The Balaban J connectivity index is 2.44. The molecule has 2 atom stereocenters. The van der Waals surface area contributed by atoms with Crippen LogP contribution < -0.4 is 0 Å². The number of nitrogens with zero attached hydrogens (tertiary/aromatic N) is 1. The van der Waals surface area contributed by atoms with Gasteiger partial charge in [0.1, 0.15) is 6.29 Å². The molecule has 1 heterocycles. The minimum absolute atomic E-state index is 0.161. The topological polar surface area (TPSA) is 40.5 Å². The van der Waals surface area contributed by atoms with Crippen molar-refractivity contribution in [1.82, 2.24) is 4.90 Å². The van der Waals surface area contributed by atoms with Crippen LogP contribution in [0.15, 0.2) is 0 Å². The zero-order valence-corrected chi connectivity index (χ0v) is 9.36. The summed E-state index contributed by atoms with van der Waals surface area (Å²) in [6, 6.07) is 0. The Morgan fingerprint density at radius 3 is 2.71 bits per heavy atom. The van der Waals surface area contributed by atoms with Crippen molar-refractivity contribution in [3.63, 3.8) is 0 Å². The smallest absolute Gasteiger partial charge is 0.126 e. The third kappa shape index (κ3) is 3.07. The average Bonchev–Trinajstić information content (AvgIpc) is 2.11. The molecule has 1 rings (SSSR count). The molecule has 2 unspecified atom stereocenters. The molecule has 0 bridgehead atoms. The van der Waals surface area contributed by atoms with Crippen LogP contribution in [-0.4, -0.2) is 42.0 Å². The third-order valence-corrected chi connectivity index (χ3v) is 2.89. The summed E-state index contributed by atoms with van der Waals surface area (Å²) < 4.78 is 0. The Hall–Kier alpha value is -0.410. The summed E-state index contributed by atoms with van der Waals surface area (Å²) in [6.45, 7) is 8.57. The summed E-state index contributed by atoms with van der Waals surface area (Å²) in [7, 11) is 0. The highest BCUT2D eigenvalue weighted by Gasteiger charge is 2.28. The second kappa shape index (κ2) is 4.41. The summed E-state index contributed by atoms with van der Waals surface area (Å²) >= 11 is 0. The van der Waals surface area contributed by atoms with Crippen molar-refractivity contribution in [2.45, 2.75) is 33.3 Å². The monoisotopic (exact) mass is 199 g/mol. The lowest BCUT2D eigenvalue weighted by molar-refractivity contribution is -0.116. The number of rotatable bonds is 3. The van der Waals surface area contributed by atoms with Crippen molar-refractivity contribution in [3.05, 3.63) is 0 Å². The van der Waals surface area contributed by atoms with Crippen molar-refractivity contribution < 1.29 is 9.90 Å². The van der Waals surface area contributed by atoms with Crippen LogP contribution in [0.2, 0.25) is 0 Å². The Morgan fingerprint density at radius 1 is 1.57 bits per heavy atom. The van der Waals surface area contributed by atoms with E-state index in [1.807, 2.05) is 13.8 Å². The average molecular weight is 199 g/mol. The standard InChI is InChI=1S/C11H21NO2/c1-9-6-12(5-4-10(9)14)7-11(2,3)8-13/h8-10,14H,4-7H2,1-3H3. The fraction of sp³-hybridized carbons (Fsp3) is 0.909. The van der Waals surface area contributed by atoms with Gasteiger partial charge < -0.3 is 14.8 Å². The van der Waals surface area contributed by atoms with E-state index in [-0.39, 0.29) is 11.5 Å². The number of carbonyl (C=O) groups excluding carboxylic acids is 1. The fourth-order valence-electron chi connectivity index (χ4n) is 1.98. The van der Waals surface area contributed by atoms with Crippen molar-refractivity contribution >= 4 is 6.29 Å². The van der Waals surface area contributed by atoms with Crippen molar-refractivity contribution in [2.75, 3.05) is 19.6 Å². The Bertz CT molecular complexity index is 203. The van der Waals surface area contributed by atoms with E-state index in [1.54, 1.807) is 0 Å². The van der Waals surface area contributed by atoms with E-state index < -0.39 is 0 Å². The summed E-state index contributed by atoms with van der Waals surface area (Å²) in [5.74, 6) is 0.325. The molecule has 1 fully saturated rings. The van der Waals surface area contributed by atoms with Gasteiger partial charge in [0, 0.05) is 25.0 Å². The summed E-state index contributed by atoms with van der Waals surface area (Å²) in [4.78, 5) is 13.0. The van der Waals surface area contributed by atoms with E-state index in [4.69, 9.17) is 0 Å². The van der Waals surface area contributed by atoms with Gasteiger partial charge in [-0.05, 0) is 12.3 Å². The molecule has 1 N–H and O–H groups in total. The maximum Gasteiger partial charge on any atom is 0.126 e. The summed E-state index contributed by atoms with van der Waals surface area (Å²) in [5.41, 5.74) is -0.262. The van der Waals surface area contributed by atoms with Crippen LogP contribution in [0, 0.1) is 11.3 Å². The second-order valence-corrected chi connectivity index (χ2v) is 5.17. The predicted molar refractivity (Wildman–Crippen MR) is 56.1 cm³/mol. The van der Waals surface area contributed by atoms with Crippen LogP contribution in [0.5, 0.6) is 0 Å². The van der Waals surface area contributed by atoms with E-state index >= 15 is 0 Å². The van der Waals surface area contributed by atoms with Crippen LogP contribution in [0.3, 0.4) is 0 Å². The molecule has 3 nitrogen and oxygen atoms in total. The minimum Gasteiger partial charge on any atom is -0.393 e. The molecule has 0 amide bonds. The maximum absolute atomic E-state index is 10.8. The van der Waals surface area contributed by atoms with Crippen molar-refractivity contribution in [2.24, 2.45) is 11.3 Å². The van der Waals surface area contributed by atoms with Crippen LogP contribution in [0.4, 0.5) is 0 Å².